The summed E-state index contributed by atoms with van der Waals surface area (Å²) in [6.07, 6.45) is 8.35. The second-order valence-electron chi connectivity index (χ2n) is 7.84. The van der Waals surface area contributed by atoms with Crippen molar-refractivity contribution in [1.82, 2.24) is 25.5 Å². The average Bonchev–Trinajstić information content (AvgIpc) is 3.33. The molecule has 0 saturated carbocycles. The molecule has 0 aliphatic carbocycles. The number of nitrogens with zero attached hydrogens (tertiary/aromatic N) is 4. The molecule has 1 aromatic heterocycles. The molecule has 2 unspecified atom stereocenters. The molecule has 1 fully saturated rings. The van der Waals surface area contributed by atoms with Gasteiger partial charge in [0, 0.05) is 30.5 Å². The van der Waals surface area contributed by atoms with Gasteiger partial charge in [0.15, 0.2) is 5.82 Å². The Kier molecular flexibility index (Phi) is 8.43. The molecule has 29 heavy (non-hydrogen) atoms. The summed E-state index contributed by atoms with van der Waals surface area (Å²) >= 11 is 6.01. The number of aliphatic hydroxyl groups excluding tert-OH is 1. The highest BCUT2D eigenvalue weighted by atomic mass is 35.5. The number of halogens is 1. The maximum absolute atomic E-state index is 12.3. The number of amides is 1. The van der Waals surface area contributed by atoms with Gasteiger partial charge >= 0.3 is 0 Å². The predicted molar refractivity (Wildman–Crippen MR) is 111 cm³/mol. The number of rotatable bonds is 12. The number of likely N-dealkylation sites (tertiary alicyclic amines) is 1. The van der Waals surface area contributed by atoms with Gasteiger partial charge in [-0.1, -0.05) is 41.8 Å². The van der Waals surface area contributed by atoms with E-state index in [1.54, 1.807) is 0 Å². The number of nitrogens with one attached hydrogen (secondary N) is 1. The Labute approximate surface area is 176 Å². The Balaban J connectivity index is 1.33. The molecule has 2 atom stereocenters. The summed E-state index contributed by atoms with van der Waals surface area (Å²) in [7, 11) is 0. The van der Waals surface area contributed by atoms with Crippen LogP contribution in [0, 0.1) is 0 Å². The minimum atomic E-state index is -0.406. The topological polar surface area (TPSA) is 95.0 Å². The van der Waals surface area contributed by atoms with Crippen LogP contribution in [0.3, 0.4) is 0 Å². The summed E-state index contributed by atoms with van der Waals surface area (Å²) in [5.74, 6) is 1.02. The van der Waals surface area contributed by atoms with Gasteiger partial charge in [-0.15, -0.1) is 10.2 Å². The molecule has 2 aromatic rings. The van der Waals surface area contributed by atoms with Gasteiger partial charge < -0.3 is 10.0 Å². The van der Waals surface area contributed by atoms with E-state index < -0.39 is 6.10 Å². The van der Waals surface area contributed by atoms with Crippen molar-refractivity contribution in [3.63, 3.8) is 0 Å². The number of H-pyrrole nitrogens is 1. The number of aromatic nitrogens is 4. The lowest BCUT2D eigenvalue weighted by Crippen LogP contribution is -2.34. The maximum Gasteiger partial charge on any atom is 0.222 e. The zero-order valence-corrected chi connectivity index (χ0v) is 17.5. The van der Waals surface area contributed by atoms with Gasteiger partial charge in [-0.3, -0.25) is 4.79 Å². The molecule has 3 rings (SSSR count). The van der Waals surface area contributed by atoms with Crippen molar-refractivity contribution in [2.75, 3.05) is 6.54 Å². The Morgan fingerprint density at radius 3 is 2.93 bits per heavy atom. The fourth-order valence-corrected chi connectivity index (χ4v) is 4.24. The van der Waals surface area contributed by atoms with Gasteiger partial charge in [-0.25, -0.2) is 0 Å². The van der Waals surface area contributed by atoms with Crippen LogP contribution < -0.4 is 0 Å². The van der Waals surface area contributed by atoms with Crippen molar-refractivity contribution in [1.29, 1.82) is 0 Å². The minimum absolute atomic E-state index is 0.256. The fraction of sp³-hybridized carbons (Fsp3) is 0.619. The van der Waals surface area contributed by atoms with Crippen molar-refractivity contribution in [2.45, 2.75) is 76.4 Å². The molecule has 2 N–H and O–H groups in total. The smallest absolute Gasteiger partial charge is 0.222 e. The van der Waals surface area contributed by atoms with E-state index in [4.69, 9.17) is 11.6 Å². The molecule has 1 amide bonds. The van der Waals surface area contributed by atoms with E-state index in [9.17, 15) is 9.90 Å². The number of carbonyl (C=O) groups is 1. The van der Waals surface area contributed by atoms with Crippen molar-refractivity contribution in [3.05, 3.63) is 40.7 Å². The first-order valence-corrected chi connectivity index (χ1v) is 10.9. The first kappa shape index (κ1) is 21.7. The minimum Gasteiger partial charge on any atom is -0.393 e. The van der Waals surface area contributed by atoms with Crippen LogP contribution in [-0.2, 0) is 17.6 Å². The van der Waals surface area contributed by atoms with Crippen LogP contribution in [0.1, 0.15) is 62.8 Å². The van der Waals surface area contributed by atoms with Gasteiger partial charge in [0.05, 0.1) is 6.10 Å². The first-order valence-electron chi connectivity index (χ1n) is 10.6. The summed E-state index contributed by atoms with van der Waals surface area (Å²) in [6.45, 7) is 0.816. The Morgan fingerprint density at radius 2 is 2.14 bits per heavy atom. The molecule has 1 saturated heterocycles. The Bertz CT molecular complexity index is 755. The molecule has 0 radical (unpaired) electrons. The van der Waals surface area contributed by atoms with E-state index in [0.717, 1.165) is 62.9 Å². The summed E-state index contributed by atoms with van der Waals surface area (Å²) in [4.78, 5) is 14.3. The van der Waals surface area contributed by atoms with E-state index in [2.05, 4.69) is 20.6 Å². The van der Waals surface area contributed by atoms with Gasteiger partial charge in [0.1, 0.15) is 0 Å². The molecular formula is C21H30ClN5O2. The van der Waals surface area contributed by atoms with Crippen molar-refractivity contribution < 1.29 is 9.90 Å². The second-order valence-corrected chi connectivity index (χ2v) is 8.27. The SMILES string of the molecule is O=C1CCC(CCC(O)Cc2cccc(Cl)c2)N1CCCCCCc1nn[nH]n1. The molecule has 1 aromatic carbocycles. The third-order valence-corrected chi connectivity index (χ3v) is 5.82. The van der Waals surface area contributed by atoms with Crippen LogP contribution in [0.2, 0.25) is 5.02 Å². The molecule has 2 heterocycles. The zero-order chi connectivity index (χ0) is 20.5. The average molecular weight is 420 g/mol. The molecule has 7 nitrogen and oxygen atoms in total. The van der Waals surface area contributed by atoms with Crippen LogP contribution in [-0.4, -0.2) is 55.2 Å². The lowest BCUT2D eigenvalue weighted by atomic mass is 10.0. The summed E-state index contributed by atoms with van der Waals surface area (Å²) < 4.78 is 0. The summed E-state index contributed by atoms with van der Waals surface area (Å²) in [5.41, 5.74) is 1.05. The zero-order valence-electron chi connectivity index (χ0n) is 16.8. The number of carbonyl (C=O) groups excluding carboxylic acids is 1. The second kappa shape index (κ2) is 11.3. The van der Waals surface area contributed by atoms with Crippen LogP contribution in [0.15, 0.2) is 24.3 Å². The number of tetrazole rings is 1. The molecule has 0 bridgehead atoms. The van der Waals surface area contributed by atoms with Crippen molar-refractivity contribution in [3.8, 4) is 0 Å². The van der Waals surface area contributed by atoms with Crippen molar-refractivity contribution in [2.24, 2.45) is 0 Å². The van der Waals surface area contributed by atoms with E-state index in [1.807, 2.05) is 29.2 Å². The van der Waals surface area contributed by atoms with Crippen LogP contribution in [0.4, 0.5) is 0 Å². The maximum atomic E-state index is 12.3. The van der Waals surface area contributed by atoms with Crippen LogP contribution in [0.25, 0.3) is 0 Å². The lowest BCUT2D eigenvalue weighted by Gasteiger charge is -2.26. The predicted octanol–water partition coefficient (Wildman–Crippen LogP) is 3.33. The number of unbranched alkanes of at least 4 members (excludes halogenated alkanes) is 3. The number of benzene rings is 1. The molecular weight excluding hydrogens is 390 g/mol. The van der Waals surface area contributed by atoms with E-state index >= 15 is 0 Å². The van der Waals surface area contributed by atoms with Crippen LogP contribution in [0.5, 0.6) is 0 Å². The van der Waals surface area contributed by atoms with Crippen LogP contribution >= 0.6 is 11.6 Å². The molecule has 1 aliphatic heterocycles. The molecule has 158 valence electrons. The van der Waals surface area contributed by atoms with Gasteiger partial charge in [-0.2, -0.15) is 5.21 Å². The highest BCUT2D eigenvalue weighted by molar-refractivity contribution is 6.30. The number of hydrogen-bond donors (Lipinski definition) is 2. The van der Waals surface area contributed by atoms with Gasteiger partial charge in [0.2, 0.25) is 5.91 Å². The van der Waals surface area contributed by atoms with E-state index in [-0.39, 0.29) is 11.9 Å². The summed E-state index contributed by atoms with van der Waals surface area (Å²) in [6, 6.07) is 7.89. The number of aliphatic hydroxyl groups is 1. The van der Waals surface area contributed by atoms with E-state index in [1.165, 1.54) is 0 Å². The highest BCUT2D eigenvalue weighted by Gasteiger charge is 2.30. The van der Waals surface area contributed by atoms with Crippen molar-refractivity contribution >= 4 is 17.5 Å². The van der Waals surface area contributed by atoms with Gasteiger partial charge in [0.25, 0.3) is 0 Å². The number of aryl methyl sites for hydroxylation is 1. The fourth-order valence-electron chi connectivity index (χ4n) is 4.03. The first-order chi connectivity index (χ1) is 14.1. The molecule has 1 aliphatic rings. The highest BCUT2D eigenvalue weighted by Crippen LogP contribution is 2.25. The Morgan fingerprint density at radius 1 is 1.28 bits per heavy atom. The summed E-state index contributed by atoms with van der Waals surface area (Å²) in [5, 5.41) is 25.0. The normalized spacial score (nSPS) is 17.8. The number of aromatic amines is 1. The number of hydrogen-bond acceptors (Lipinski definition) is 5. The lowest BCUT2D eigenvalue weighted by molar-refractivity contribution is -0.129. The molecule has 0 spiro atoms. The molecule has 8 heteroatoms. The standard InChI is InChI=1S/C21H30ClN5O2/c22-17-7-5-6-16(14-17)15-19(28)11-9-18-10-12-21(29)27(18)13-4-2-1-3-8-20-23-25-26-24-20/h5-7,14,18-19,28H,1-4,8-13,15H2,(H,23,24,25,26). The Hall–Kier alpha value is -1.99. The van der Waals surface area contributed by atoms with E-state index in [0.29, 0.717) is 24.3 Å². The third-order valence-electron chi connectivity index (χ3n) is 5.58. The monoisotopic (exact) mass is 419 g/mol. The third kappa shape index (κ3) is 7.08. The largest absolute Gasteiger partial charge is 0.393 e. The van der Waals surface area contributed by atoms with Gasteiger partial charge in [-0.05, 0) is 56.2 Å². The quantitative estimate of drug-likeness (QED) is 0.514.